The molecule has 2 N–H and O–H groups in total. The van der Waals surface area contributed by atoms with Crippen LogP contribution in [0.2, 0.25) is 0 Å². The minimum Gasteiger partial charge on any atom is -0.464 e. The molecule has 0 fully saturated rings. The van der Waals surface area contributed by atoms with Gasteiger partial charge >= 0.3 is 7.60 Å². The summed E-state index contributed by atoms with van der Waals surface area (Å²) < 4.78 is 30.5. The largest absolute Gasteiger partial charge is 0.464 e. The summed E-state index contributed by atoms with van der Waals surface area (Å²) >= 11 is 0. The van der Waals surface area contributed by atoms with Crippen LogP contribution in [0.25, 0.3) is 11.2 Å². The van der Waals surface area contributed by atoms with E-state index in [0.717, 1.165) is 0 Å². The number of nitrogens with two attached hydrogens (primary N) is 1. The first-order chi connectivity index (χ1) is 11.1. The predicted octanol–water partition coefficient (Wildman–Crippen LogP) is 2.51. The highest BCUT2D eigenvalue weighted by molar-refractivity contribution is 7.58. The Morgan fingerprint density at radius 2 is 2.00 bits per heavy atom. The summed E-state index contributed by atoms with van der Waals surface area (Å²) in [6.45, 7) is 5.71. The lowest BCUT2D eigenvalue weighted by atomic mass is 10.5. The number of ether oxygens (including phenoxy) is 1. The zero-order valence-corrected chi connectivity index (χ0v) is 14.2. The van der Waals surface area contributed by atoms with E-state index in [0.29, 0.717) is 11.2 Å². The fourth-order valence-corrected chi connectivity index (χ4v) is 3.49. The Hall–Kier alpha value is -1.96. The average molecular weight is 341 g/mol. The minimum atomic E-state index is -3.47. The first kappa shape index (κ1) is 17.4. The van der Waals surface area contributed by atoms with Crippen LogP contribution in [-0.2, 0) is 25.1 Å². The second kappa shape index (κ2) is 7.54. The highest BCUT2D eigenvalue weighted by Crippen LogP contribution is 2.56. The number of nitrogen functional groups attached to an aromatic ring is 1. The molecule has 9 nitrogen and oxygen atoms in total. The molecule has 0 spiro atoms. The SMILES string of the molecule is C/C=C(\OCn1cnc2c(N)ncnc21)P(=O)(OCC)OCC. The Labute approximate surface area is 134 Å². The third-order valence-electron chi connectivity index (χ3n) is 2.90. The molecule has 0 aliphatic carbocycles. The molecular weight excluding hydrogens is 321 g/mol. The van der Waals surface area contributed by atoms with E-state index in [1.165, 1.54) is 12.7 Å². The van der Waals surface area contributed by atoms with Gasteiger partial charge in [-0.2, -0.15) is 0 Å². The van der Waals surface area contributed by atoms with Crippen molar-refractivity contribution >= 4 is 24.6 Å². The molecule has 2 rings (SSSR count). The molecule has 0 atom stereocenters. The standard InChI is InChI=1S/C13H20N5O4P/c1-4-10(23(19,21-5-2)22-6-3)20-9-18-8-17-11-12(14)15-7-16-13(11)18/h4,7-8H,5-6,9H2,1-3H3,(H2,14,15,16)/b10-4+. The molecule has 0 saturated heterocycles. The van der Waals surface area contributed by atoms with Crippen LogP contribution in [0, 0.1) is 0 Å². The quantitative estimate of drug-likeness (QED) is 0.575. The lowest BCUT2D eigenvalue weighted by molar-refractivity contribution is 0.137. The average Bonchev–Trinajstić information content (AvgIpc) is 2.93. The number of anilines is 1. The Kier molecular flexibility index (Phi) is 5.70. The van der Waals surface area contributed by atoms with Gasteiger partial charge in [-0.1, -0.05) is 0 Å². The van der Waals surface area contributed by atoms with Gasteiger partial charge in [0.2, 0.25) is 5.50 Å². The molecule has 0 radical (unpaired) electrons. The first-order valence-electron chi connectivity index (χ1n) is 7.15. The molecule has 2 heterocycles. The normalized spacial score (nSPS) is 12.7. The maximum atomic E-state index is 12.7. The molecule has 0 bridgehead atoms. The van der Waals surface area contributed by atoms with Crippen LogP contribution in [0.5, 0.6) is 0 Å². The Morgan fingerprint density at radius 1 is 1.30 bits per heavy atom. The number of nitrogens with zero attached hydrogens (tertiary/aromatic N) is 4. The van der Waals surface area contributed by atoms with Crippen molar-refractivity contribution in [3.05, 3.63) is 24.2 Å². The van der Waals surface area contributed by atoms with Crippen molar-refractivity contribution in [2.45, 2.75) is 27.5 Å². The zero-order chi connectivity index (χ0) is 16.9. The minimum absolute atomic E-state index is 0.0385. The highest BCUT2D eigenvalue weighted by Gasteiger charge is 2.31. The Balaban J connectivity index is 2.19. The number of hydrogen-bond acceptors (Lipinski definition) is 8. The van der Waals surface area contributed by atoms with Crippen LogP contribution in [0.3, 0.4) is 0 Å². The number of rotatable bonds is 8. The third kappa shape index (κ3) is 3.69. The van der Waals surface area contributed by atoms with E-state index in [1.807, 2.05) is 0 Å². The van der Waals surface area contributed by atoms with Gasteiger partial charge in [0.1, 0.15) is 11.8 Å². The molecule has 0 saturated carbocycles. The van der Waals surface area contributed by atoms with Gasteiger partial charge in [-0.05, 0) is 26.8 Å². The van der Waals surface area contributed by atoms with Crippen LogP contribution in [0.4, 0.5) is 5.82 Å². The van der Waals surface area contributed by atoms with Gasteiger partial charge in [0.05, 0.1) is 19.5 Å². The third-order valence-corrected chi connectivity index (χ3v) is 5.02. The van der Waals surface area contributed by atoms with Crippen LogP contribution in [0.1, 0.15) is 20.8 Å². The number of aromatic nitrogens is 4. The van der Waals surface area contributed by atoms with Gasteiger partial charge in [0.25, 0.3) is 0 Å². The van der Waals surface area contributed by atoms with Crippen LogP contribution >= 0.6 is 7.60 Å². The summed E-state index contributed by atoms with van der Waals surface area (Å²) in [5.41, 5.74) is 6.89. The van der Waals surface area contributed by atoms with Crippen molar-refractivity contribution in [3.8, 4) is 0 Å². The molecule has 126 valence electrons. The molecule has 2 aromatic rings. The maximum Gasteiger partial charge on any atom is 0.395 e. The van der Waals surface area contributed by atoms with Gasteiger partial charge in [-0.25, -0.2) is 15.0 Å². The van der Waals surface area contributed by atoms with E-state index in [9.17, 15) is 4.57 Å². The van der Waals surface area contributed by atoms with Gasteiger partial charge in [0, 0.05) is 0 Å². The topological polar surface area (TPSA) is 114 Å². The lowest BCUT2D eigenvalue weighted by Gasteiger charge is -2.20. The van der Waals surface area contributed by atoms with Crippen LogP contribution in [0.15, 0.2) is 24.2 Å². The van der Waals surface area contributed by atoms with Crippen molar-refractivity contribution < 1.29 is 18.3 Å². The summed E-state index contributed by atoms with van der Waals surface area (Å²) in [7, 11) is -3.47. The van der Waals surface area contributed by atoms with Crippen molar-refractivity contribution in [3.63, 3.8) is 0 Å². The fourth-order valence-electron chi connectivity index (χ4n) is 1.95. The van der Waals surface area contributed by atoms with E-state index in [4.69, 9.17) is 19.5 Å². The molecule has 0 amide bonds. The van der Waals surface area contributed by atoms with Crippen LogP contribution < -0.4 is 5.73 Å². The van der Waals surface area contributed by atoms with E-state index < -0.39 is 7.60 Å². The van der Waals surface area contributed by atoms with E-state index >= 15 is 0 Å². The number of fused-ring (bicyclic) bond motifs is 1. The highest BCUT2D eigenvalue weighted by atomic mass is 31.2. The molecular formula is C13H20N5O4P. The summed E-state index contributed by atoms with van der Waals surface area (Å²) in [4.78, 5) is 12.1. The molecule has 10 heteroatoms. The summed E-state index contributed by atoms with van der Waals surface area (Å²) in [6, 6.07) is 0. The molecule has 0 aliphatic rings. The molecule has 23 heavy (non-hydrogen) atoms. The molecule has 0 unspecified atom stereocenters. The number of allylic oxidation sites excluding steroid dienone is 1. The van der Waals surface area contributed by atoms with Crippen LogP contribution in [-0.4, -0.2) is 32.7 Å². The Bertz CT molecular complexity index is 735. The summed E-state index contributed by atoms with van der Waals surface area (Å²) in [5.74, 6) is 0.286. The van der Waals surface area contributed by atoms with Gasteiger partial charge < -0.3 is 19.5 Å². The fraction of sp³-hybridized carbons (Fsp3) is 0.462. The molecule has 0 aliphatic heterocycles. The maximum absolute atomic E-state index is 12.7. The van der Waals surface area contributed by atoms with Crippen molar-refractivity contribution in [1.29, 1.82) is 0 Å². The monoisotopic (exact) mass is 341 g/mol. The lowest BCUT2D eigenvalue weighted by Crippen LogP contribution is -2.06. The smallest absolute Gasteiger partial charge is 0.395 e. The zero-order valence-electron chi connectivity index (χ0n) is 13.3. The molecule has 0 aromatic carbocycles. The van der Waals surface area contributed by atoms with Crippen molar-refractivity contribution in [2.24, 2.45) is 0 Å². The van der Waals surface area contributed by atoms with Gasteiger partial charge in [0.15, 0.2) is 18.2 Å². The first-order valence-corrected chi connectivity index (χ1v) is 8.70. The van der Waals surface area contributed by atoms with Crippen molar-refractivity contribution in [2.75, 3.05) is 18.9 Å². The second-order valence-electron chi connectivity index (χ2n) is 4.38. The predicted molar refractivity (Wildman–Crippen MR) is 85.4 cm³/mol. The Morgan fingerprint density at radius 3 is 2.61 bits per heavy atom. The van der Waals surface area contributed by atoms with E-state index in [-0.39, 0.29) is 31.3 Å². The second-order valence-corrected chi connectivity index (χ2v) is 6.33. The molecule has 2 aromatic heterocycles. The van der Waals surface area contributed by atoms with E-state index in [2.05, 4.69) is 15.0 Å². The summed E-state index contributed by atoms with van der Waals surface area (Å²) in [6.07, 6.45) is 4.43. The number of imidazole rings is 1. The van der Waals surface area contributed by atoms with Gasteiger partial charge in [-0.15, -0.1) is 0 Å². The van der Waals surface area contributed by atoms with Gasteiger partial charge in [-0.3, -0.25) is 9.13 Å². The van der Waals surface area contributed by atoms with E-state index in [1.54, 1.807) is 31.4 Å². The number of hydrogen-bond donors (Lipinski definition) is 1. The summed E-state index contributed by atoms with van der Waals surface area (Å²) in [5, 5.41) is 0. The van der Waals surface area contributed by atoms with Crippen molar-refractivity contribution in [1.82, 2.24) is 19.5 Å².